The summed E-state index contributed by atoms with van der Waals surface area (Å²) < 4.78 is 84.4. The van der Waals surface area contributed by atoms with Crippen molar-refractivity contribution in [3.05, 3.63) is 0 Å². The molecule has 0 aliphatic rings. The molecule has 0 atom stereocenters. The summed E-state index contributed by atoms with van der Waals surface area (Å²) in [7, 11) is -11.2. The van der Waals surface area contributed by atoms with Crippen LogP contribution in [-0.2, 0) is 4.79 Å². The van der Waals surface area contributed by atoms with E-state index in [-0.39, 0.29) is 4.90 Å². The standard InChI is InChI=1S/C6H10F7NOS/c1-3-14(4-2)5(15)6(7,8)16(9,10,11,12)13/h3-4H2,1-2H3. The third-order valence-electron chi connectivity index (χ3n) is 1.78. The molecule has 0 saturated heterocycles. The fourth-order valence-corrected chi connectivity index (χ4v) is 1.32. The Morgan fingerprint density at radius 1 is 1.06 bits per heavy atom. The van der Waals surface area contributed by atoms with Crippen molar-refractivity contribution >= 4 is 16.1 Å². The lowest BCUT2D eigenvalue weighted by molar-refractivity contribution is -0.149. The first-order valence-corrected chi connectivity index (χ1v) is 6.03. The van der Waals surface area contributed by atoms with E-state index >= 15 is 0 Å². The largest absolute Gasteiger partial charge is 0.458 e. The van der Waals surface area contributed by atoms with Gasteiger partial charge in [0.25, 0.3) is 0 Å². The van der Waals surface area contributed by atoms with Crippen LogP contribution in [0.3, 0.4) is 0 Å². The second-order valence-corrected chi connectivity index (χ2v) is 5.41. The van der Waals surface area contributed by atoms with E-state index in [4.69, 9.17) is 0 Å². The number of halogens is 7. The van der Waals surface area contributed by atoms with Gasteiger partial charge in [-0.05, 0) is 13.8 Å². The van der Waals surface area contributed by atoms with Gasteiger partial charge in [-0.15, -0.1) is 0 Å². The highest BCUT2D eigenvalue weighted by Gasteiger charge is 2.86. The van der Waals surface area contributed by atoms with Crippen LogP contribution >= 0.6 is 10.2 Å². The van der Waals surface area contributed by atoms with Gasteiger partial charge in [-0.2, -0.15) is 8.78 Å². The van der Waals surface area contributed by atoms with Gasteiger partial charge in [-0.1, -0.05) is 19.4 Å². The Bertz CT molecular complexity index is 292. The lowest BCUT2D eigenvalue weighted by Crippen LogP contribution is -2.49. The summed E-state index contributed by atoms with van der Waals surface area (Å²) in [6, 6.07) is 0. The van der Waals surface area contributed by atoms with E-state index in [0.29, 0.717) is 0 Å². The van der Waals surface area contributed by atoms with E-state index in [1.165, 1.54) is 0 Å². The molecule has 16 heavy (non-hydrogen) atoms. The summed E-state index contributed by atoms with van der Waals surface area (Å²) >= 11 is 0. The van der Waals surface area contributed by atoms with E-state index in [2.05, 4.69) is 0 Å². The quantitative estimate of drug-likeness (QED) is 0.717. The maximum absolute atomic E-state index is 12.5. The minimum atomic E-state index is -11.2. The highest BCUT2D eigenvalue weighted by molar-refractivity contribution is 8.47. The first-order valence-electron chi connectivity index (χ1n) is 4.08. The Kier molecular flexibility index (Phi) is 3.04. The molecule has 0 heterocycles. The molecule has 1 amide bonds. The Balaban J connectivity index is 5.49. The minimum absolute atomic E-state index is 0.00208. The average molecular weight is 277 g/mol. The Morgan fingerprint density at radius 2 is 1.38 bits per heavy atom. The molecule has 0 aromatic heterocycles. The van der Waals surface area contributed by atoms with Crippen LogP contribution in [0.2, 0.25) is 0 Å². The molecule has 0 radical (unpaired) electrons. The summed E-state index contributed by atoms with van der Waals surface area (Å²) in [5.74, 6) is -2.92. The lowest BCUT2D eigenvalue weighted by Gasteiger charge is -2.45. The number of carbonyl (C=O) groups excluding carboxylic acids is 1. The van der Waals surface area contributed by atoms with Crippen molar-refractivity contribution in [2.24, 2.45) is 0 Å². The SMILES string of the molecule is CCN(CC)C(=O)C(F)(F)S(F)(F)(F)(F)F. The van der Waals surface area contributed by atoms with Crippen LogP contribution in [-0.4, -0.2) is 29.2 Å². The molecule has 0 unspecified atom stereocenters. The second kappa shape index (κ2) is 3.17. The summed E-state index contributed by atoms with van der Waals surface area (Å²) in [4.78, 5) is 10.7. The fraction of sp³-hybridized carbons (Fsp3) is 0.833. The van der Waals surface area contributed by atoms with Gasteiger partial charge in [0.1, 0.15) is 0 Å². The van der Waals surface area contributed by atoms with Crippen molar-refractivity contribution in [2.75, 3.05) is 13.1 Å². The van der Waals surface area contributed by atoms with Gasteiger partial charge < -0.3 is 4.90 Å². The van der Waals surface area contributed by atoms with E-state index in [1.54, 1.807) is 0 Å². The molecule has 0 fully saturated rings. The predicted octanol–water partition coefficient (Wildman–Crippen LogP) is 3.75. The van der Waals surface area contributed by atoms with Crippen LogP contribution in [0.4, 0.5) is 28.2 Å². The molecule has 0 saturated carbocycles. The molecular formula is C6H10F7NOS. The van der Waals surface area contributed by atoms with Crippen LogP contribution in [0.1, 0.15) is 13.8 Å². The van der Waals surface area contributed by atoms with Crippen molar-refractivity contribution < 1.29 is 33.0 Å². The number of nitrogens with zero attached hydrogens (tertiary/aromatic N) is 1. The fourth-order valence-electron chi connectivity index (χ4n) is 0.860. The van der Waals surface area contributed by atoms with Gasteiger partial charge >= 0.3 is 21.4 Å². The van der Waals surface area contributed by atoms with Crippen LogP contribution in [0.15, 0.2) is 0 Å². The molecule has 0 rings (SSSR count). The maximum Gasteiger partial charge on any atom is 0.458 e. The van der Waals surface area contributed by atoms with Crippen LogP contribution in [0.25, 0.3) is 0 Å². The van der Waals surface area contributed by atoms with Crippen LogP contribution in [0, 0.1) is 0 Å². The number of alkyl halides is 2. The van der Waals surface area contributed by atoms with E-state index in [0.717, 1.165) is 13.8 Å². The molecule has 0 N–H and O–H groups in total. The average Bonchev–Trinajstić information content (AvgIpc) is 2.01. The van der Waals surface area contributed by atoms with Gasteiger partial charge in [0.05, 0.1) is 0 Å². The molecule has 0 aliphatic carbocycles. The Morgan fingerprint density at radius 3 is 1.56 bits per heavy atom. The minimum Gasteiger partial charge on any atom is -0.337 e. The number of hydrogen-bond acceptors (Lipinski definition) is 1. The Hall–Kier alpha value is -0.670. The normalized spacial score (nSPS) is 17.6. The van der Waals surface area contributed by atoms with Gasteiger partial charge in [0, 0.05) is 13.1 Å². The zero-order valence-electron chi connectivity index (χ0n) is 8.32. The molecule has 2 nitrogen and oxygen atoms in total. The van der Waals surface area contributed by atoms with Gasteiger partial charge in [0.15, 0.2) is 0 Å². The van der Waals surface area contributed by atoms with Gasteiger partial charge in [-0.3, -0.25) is 4.79 Å². The summed E-state index contributed by atoms with van der Waals surface area (Å²) in [5.41, 5.74) is 0. The monoisotopic (exact) mass is 277 g/mol. The molecule has 0 aromatic rings. The first kappa shape index (κ1) is 15.3. The number of hydrogen-bond donors (Lipinski definition) is 0. The van der Waals surface area contributed by atoms with Gasteiger partial charge in [-0.25, -0.2) is 0 Å². The van der Waals surface area contributed by atoms with E-state index in [1.807, 2.05) is 0 Å². The van der Waals surface area contributed by atoms with Crippen molar-refractivity contribution in [1.82, 2.24) is 4.90 Å². The summed E-state index contributed by atoms with van der Waals surface area (Å²) in [5, 5.41) is -6.63. The lowest BCUT2D eigenvalue weighted by atomic mass is 10.4. The second-order valence-electron chi connectivity index (χ2n) is 2.96. The van der Waals surface area contributed by atoms with Gasteiger partial charge in [0.2, 0.25) is 0 Å². The summed E-state index contributed by atoms with van der Waals surface area (Å²) in [6.07, 6.45) is 0. The molecule has 10 heteroatoms. The molecular weight excluding hydrogens is 267 g/mol. The van der Waals surface area contributed by atoms with Crippen LogP contribution in [0.5, 0.6) is 0 Å². The molecule has 0 spiro atoms. The number of rotatable bonds is 4. The molecule has 100 valence electrons. The number of amides is 1. The third-order valence-corrected chi connectivity index (χ3v) is 2.93. The zero-order valence-corrected chi connectivity index (χ0v) is 9.14. The van der Waals surface area contributed by atoms with Crippen molar-refractivity contribution in [3.8, 4) is 0 Å². The highest BCUT2D eigenvalue weighted by Crippen LogP contribution is 3.04. The molecule has 0 bridgehead atoms. The number of carbonyl (C=O) groups is 1. The summed E-state index contributed by atoms with van der Waals surface area (Å²) in [6.45, 7) is 1.17. The maximum atomic E-state index is 12.5. The van der Waals surface area contributed by atoms with Crippen molar-refractivity contribution in [2.45, 2.75) is 19.1 Å². The smallest absolute Gasteiger partial charge is 0.337 e. The Labute approximate surface area is 87.1 Å². The molecule has 0 aliphatic heterocycles. The highest BCUT2D eigenvalue weighted by atomic mass is 32.5. The predicted molar refractivity (Wildman–Crippen MR) is 46.0 cm³/mol. The van der Waals surface area contributed by atoms with E-state index in [9.17, 15) is 33.0 Å². The van der Waals surface area contributed by atoms with E-state index < -0.39 is 34.5 Å². The first-order chi connectivity index (χ1) is 6.68. The van der Waals surface area contributed by atoms with Crippen molar-refractivity contribution in [3.63, 3.8) is 0 Å². The molecule has 0 aromatic carbocycles. The topological polar surface area (TPSA) is 20.3 Å². The third kappa shape index (κ3) is 2.53. The zero-order chi connectivity index (χ0) is 13.5. The van der Waals surface area contributed by atoms with Crippen molar-refractivity contribution in [1.29, 1.82) is 0 Å². The van der Waals surface area contributed by atoms with Crippen LogP contribution < -0.4 is 0 Å².